The molecule has 0 spiro atoms. The molecule has 1 N–H and O–H groups in total. The van der Waals surface area contributed by atoms with Gasteiger partial charge in [-0.25, -0.2) is 9.97 Å². The second kappa shape index (κ2) is 9.58. The standard InChI is InChI=1S/C18H23N3O4/c1-13(2)25-17-10-14(4-6-20-17)12-21-18(22)15-5-7-19-16(11-15)24-9-8-23-3/h4-7,10-11,13H,8-9,12H2,1-3H3,(H,21,22). The second-order valence-electron chi connectivity index (χ2n) is 5.58. The molecule has 0 aliphatic carbocycles. The smallest absolute Gasteiger partial charge is 0.251 e. The molecule has 0 bridgehead atoms. The van der Waals surface area contributed by atoms with Gasteiger partial charge in [0.1, 0.15) is 6.61 Å². The van der Waals surface area contributed by atoms with Crippen molar-refractivity contribution in [3.8, 4) is 11.8 Å². The van der Waals surface area contributed by atoms with Crippen LogP contribution in [-0.2, 0) is 11.3 Å². The molecule has 0 aliphatic heterocycles. The Bertz CT molecular complexity index is 692. The average Bonchev–Trinajstić information content (AvgIpc) is 2.60. The number of rotatable bonds is 9. The van der Waals surface area contributed by atoms with Crippen molar-refractivity contribution < 1.29 is 19.0 Å². The van der Waals surface area contributed by atoms with Crippen LogP contribution in [0.1, 0.15) is 29.8 Å². The predicted octanol–water partition coefficient (Wildman–Crippen LogP) is 2.22. The van der Waals surface area contributed by atoms with Crippen molar-refractivity contribution >= 4 is 5.91 Å². The van der Waals surface area contributed by atoms with Gasteiger partial charge in [0.15, 0.2) is 0 Å². The van der Waals surface area contributed by atoms with Gasteiger partial charge in [-0.3, -0.25) is 4.79 Å². The lowest BCUT2D eigenvalue weighted by molar-refractivity contribution is 0.0949. The van der Waals surface area contributed by atoms with Crippen LogP contribution in [0.3, 0.4) is 0 Å². The molecule has 0 saturated heterocycles. The topological polar surface area (TPSA) is 82.6 Å². The molecule has 7 nitrogen and oxygen atoms in total. The van der Waals surface area contributed by atoms with E-state index in [-0.39, 0.29) is 12.0 Å². The first-order valence-electron chi connectivity index (χ1n) is 8.06. The van der Waals surface area contributed by atoms with E-state index in [0.29, 0.717) is 37.1 Å². The van der Waals surface area contributed by atoms with Gasteiger partial charge in [0.2, 0.25) is 11.8 Å². The molecule has 1 amide bonds. The number of methoxy groups -OCH3 is 1. The minimum atomic E-state index is -0.206. The lowest BCUT2D eigenvalue weighted by Gasteiger charge is -2.10. The Morgan fingerprint density at radius 1 is 1.12 bits per heavy atom. The summed E-state index contributed by atoms with van der Waals surface area (Å²) < 4.78 is 15.9. The van der Waals surface area contributed by atoms with E-state index in [9.17, 15) is 4.79 Å². The molecule has 0 atom stereocenters. The third-order valence-corrected chi connectivity index (χ3v) is 3.14. The van der Waals surface area contributed by atoms with Gasteiger partial charge in [-0.2, -0.15) is 0 Å². The number of amides is 1. The Labute approximate surface area is 147 Å². The fraction of sp³-hybridized carbons (Fsp3) is 0.389. The van der Waals surface area contributed by atoms with Crippen molar-refractivity contribution in [2.45, 2.75) is 26.5 Å². The van der Waals surface area contributed by atoms with Crippen LogP contribution in [0.15, 0.2) is 36.7 Å². The maximum Gasteiger partial charge on any atom is 0.251 e. The largest absolute Gasteiger partial charge is 0.475 e. The highest BCUT2D eigenvalue weighted by molar-refractivity contribution is 5.94. The fourth-order valence-corrected chi connectivity index (χ4v) is 2.01. The zero-order valence-corrected chi connectivity index (χ0v) is 14.7. The number of ether oxygens (including phenoxy) is 3. The molecule has 0 radical (unpaired) electrons. The quantitative estimate of drug-likeness (QED) is 0.702. The number of pyridine rings is 2. The summed E-state index contributed by atoms with van der Waals surface area (Å²) in [5, 5.41) is 2.86. The highest BCUT2D eigenvalue weighted by Crippen LogP contribution is 2.12. The lowest BCUT2D eigenvalue weighted by atomic mass is 10.2. The molecule has 25 heavy (non-hydrogen) atoms. The third kappa shape index (κ3) is 6.39. The number of carbonyl (C=O) groups is 1. The molecule has 2 rings (SSSR count). The molecule has 0 saturated carbocycles. The highest BCUT2D eigenvalue weighted by atomic mass is 16.5. The van der Waals surface area contributed by atoms with Gasteiger partial charge in [0.05, 0.1) is 12.7 Å². The molecule has 0 unspecified atom stereocenters. The number of hydrogen-bond acceptors (Lipinski definition) is 6. The van der Waals surface area contributed by atoms with Gasteiger partial charge in [-0.05, 0) is 31.5 Å². The Morgan fingerprint density at radius 2 is 1.88 bits per heavy atom. The lowest BCUT2D eigenvalue weighted by Crippen LogP contribution is -2.23. The van der Waals surface area contributed by atoms with Crippen LogP contribution in [0.25, 0.3) is 0 Å². The molecular formula is C18H23N3O4. The Hall–Kier alpha value is -2.67. The molecule has 0 aromatic carbocycles. The van der Waals surface area contributed by atoms with Gasteiger partial charge in [0, 0.05) is 43.7 Å². The molecule has 7 heteroatoms. The number of nitrogens with one attached hydrogen (secondary N) is 1. The molecule has 0 fully saturated rings. The summed E-state index contributed by atoms with van der Waals surface area (Å²) in [6, 6.07) is 6.88. The fourth-order valence-electron chi connectivity index (χ4n) is 2.01. The second-order valence-corrected chi connectivity index (χ2v) is 5.58. The summed E-state index contributed by atoms with van der Waals surface area (Å²) in [6.45, 7) is 5.08. The van der Waals surface area contributed by atoms with Crippen LogP contribution in [-0.4, -0.2) is 42.3 Å². The summed E-state index contributed by atoms with van der Waals surface area (Å²) in [5.74, 6) is 0.725. The van der Waals surface area contributed by atoms with Crippen molar-refractivity contribution in [2.75, 3.05) is 20.3 Å². The van der Waals surface area contributed by atoms with Crippen LogP contribution < -0.4 is 14.8 Å². The highest BCUT2D eigenvalue weighted by Gasteiger charge is 2.08. The number of aromatic nitrogens is 2. The zero-order valence-electron chi connectivity index (χ0n) is 14.7. The maximum atomic E-state index is 12.3. The van der Waals surface area contributed by atoms with E-state index < -0.39 is 0 Å². The van der Waals surface area contributed by atoms with Crippen molar-refractivity contribution in [1.29, 1.82) is 0 Å². The molecule has 134 valence electrons. The summed E-state index contributed by atoms with van der Waals surface area (Å²) in [4.78, 5) is 20.5. The molecule has 2 heterocycles. The van der Waals surface area contributed by atoms with E-state index in [1.807, 2.05) is 26.0 Å². The number of hydrogen-bond donors (Lipinski definition) is 1. The monoisotopic (exact) mass is 345 g/mol. The van der Waals surface area contributed by atoms with E-state index in [1.54, 1.807) is 25.4 Å². The Balaban J connectivity index is 1.92. The van der Waals surface area contributed by atoms with E-state index in [2.05, 4.69) is 15.3 Å². The Kier molecular flexibility index (Phi) is 7.16. The summed E-state index contributed by atoms with van der Waals surface area (Å²) >= 11 is 0. The first kappa shape index (κ1) is 18.7. The molecule has 0 aliphatic rings. The minimum Gasteiger partial charge on any atom is -0.475 e. The first-order chi connectivity index (χ1) is 12.1. The summed E-state index contributed by atoms with van der Waals surface area (Å²) in [6.07, 6.45) is 3.25. The van der Waals surface area contributed by atoms with Gasteiger partial charge in [-0.15, -0.1) is 0 Å². The molecular weight excluding hydrogens is 322 g/mol. The van der Waals surface area contributed by atoms with Gasteiger partial charge in [0.25, 0.3) is 5.91 Å². The number of carbonyl (C=O) groups excluding carboxylic acids is 1. The Morgan fingerprint density at radius 3 is 2.64 bits per heavy atom. The van der Waals surface area contributed by atoms with Crippen LogP contribution in [0.5, 0.6) is 11.8 Å². The SMILES string of the molecule is COCCOc1cc(C(=O)NCc2ccnc(OC(C)C)c2)ccn1. The van der Waals surface area contributed by atoms with E-state index in [1.165, 1.54) is 6.20 Å². The van der Waals surface area contributed by atoms with Crippen LogP contribution in [0.2, 0.25) is 0 Å². The van der Waals surface area contributed by atoms with Crippen LogP contribution in [0, 0.1) is 0 Å². The maximum absolute atomic E-state index is 12.3. The molecule has 2 aromatic rings. The van der Waals surface area contributed by atoms with Crippen molar-refractivity contribution in [3.05, 3.63) is 47.8 Å². The summed E-state index contributed by atoms with van der Waals surface area (Å²) in [7, 11) is 1.59. The van der Waals surface area contributed by atoms with Crippen molar-refractivity contribution in [1.82, 2.24) is 15.3 Å². The predicted molar refractivity (Wildman–Crippen MR) is 92.8 cm³/mol. The van der Waals surface area contributed by atoms with Gasteiger partial charge >= 0.3 is 0 Å². The summed E-state index contributed by atoms with van der Waals surface area (Å²) in [5.41, 5.74) is 1.39. The molecule has 2 aromatic heterocycles. The van der Waals surface area contributed by atoms with Gasteiger partial charge in [-0.1, -0.05) is 0 Å². The average molecular weight is 345 g/mol. The normalized spacial score (nSPS) is 10.6. The minimum absolute atomic E-state index is 0.0469. The van der Waals surface area contributed by atoms with Crippen molar-refractivity contribution in [2.24, 2.45) is 0 Å². The van der Waals surface area contributed by atoms with E-state index >= 15 is 0 Å². The van der Waals surface area contributed by atoms with Crippen molar-refractivity contribution in [3.63, 3.8) is 0 Å². The zero-order chi connectivity index (χ0) is 18.1. The van der Waals surface area contributed by atoms with Gasteiger partial charge < -0.3 is 19.5 Å². The van der Waals surface area contributed by atoms with Crippen LogP contribution in [0.4, 0.5) is 0 Å². The van der Waals surface area contributed by atoms with Crippen LogP contribution >= 0.6 is 0 Å². The van der Waals surface area contributed by atoms with E-state index in [4.69, 9.17) is 14.2 Å². The van der Waals surface area contributed by atoms with E-state index in [0.717, 1.165) is 5.56 Å². The first-order valence-corrected chi connectivity index (χ1v) is 8.06. The third-order valence-electron chi connectivity index (χ3n) is 3.14. The number of nitrogens with zero attached hydrogens (tertiary/aromatic N) is 2.